The molecule has 12 rings (SSSR count). The highest BCUT2D eigenvalue weighted by Crippen LogP contribution is 2.50. The van der Waals surface area contributed by atoms with Gasteiger partial charge >= 0.3 is 0 Å². The standard InChI is InChI=1S/C66H46N2/c1-5-23-47(24-6-1)54-33-13-14-37-59(54)66-56(49-27-9-3-10-28-49)38-22-39-60(66)57-35-16-19-41-63(57)68(62-40-18-15-34-55(62)48-25-7-2-8-26-48)53-32-21-29-50(45-53)51-43-44-65-61(46-51)58-36-17-20-42-64(58)67(65)52-30-11-4-12-31-52/h1-46H. The SMILES string of the molecule is c1ccc(-c2ccccc2-c2c(-c3ccccc3)cccc2-c2ccccc2N(c2cccc(-c3ccc4c(c3)c3ccccc3n4-c3ccccc3)c2)c2ccccc2-c2ccccc2)cc1. The zero-order valence-electron chi connectivity index (χ0n) is 37.5. The van der Waals surface area contributed by atoms with Gasteiger partial charge in [0.2, 0.25) is 0 Å². The van der Waals surface area contributed by atoms with Crippen molar-refractivity contribution in [3.8, 4) is 72.4 Å². The van der Waals surface area contributed by atoms with Crippen LogP contribution in [0.4, 0.5) is 17.1 Å². The van der Waals surface area contributed by atoms with Crippen LogP contribution in [-0.2, 0) is 0 Å². The number of anilines is 3. The number of fused-ring (bicyclic) bond motifs is 3. The topological polar surface area (TPSA) is 8.17 Å². The summed E-state index contributed by atoms with van der Waals surface area (Å²) < 4.78 is 2.38. The number of nitrogens with zero attached hydrogens (tertiary/aromatic N) is 2. The minimum atomic E-state index is 1.07. The molecule has 1 heterocycles. The molecule has 0 bridgehead atoms. The third-order valence-corrected chi connectivity index (χ3v) is 13.2. The molecule has 68 heavy (non-hydrogen) atoms. The van der Waals surface area contributed by atoms with E-state index in [1.54, 1.807) is 0 Å². The van der Waals surface area contributed by atoms with Crippen molar-refractivity contribution in [3.05, 3.63) is 279 Å². The van der Waals surface area contributed by atoms with Gasteiger partial charge in [0.05, 0.1) is 22.4 Å². The van der Waals surface area contributed by atoms with Crippen LogP contribution in [0, 0.1) is 0 Å². The lowest BCUT2D eigenvalue weighted by Crippen LogP contribution is -2.12. The number of para-hydroxylation sites is 4. The lowest BCUT2D eigenvalue weighted by atomic mass is 9.84. The van der Waals surface area contributed by atoms with Crippen molar-refractivity contribution in [3.63, 3.8) is 0 Å². The molecule has 0 aliphatic rings. The van der Waals surface area contributed by atoms with Gasteiger partial charge in [-0.2, -0.15) is 0 Å². The van der Waals surface area contributed by atoms with Crippen molar-refractivity contribution in [2.75, 3.05) is 4.90 Å². The molecule has 0 fully saturated rings. The Morgan fingerprint density at radius 3 is 1.41 bits per heavy atom. The quantitative estimate of drug-likeness (QED) is 0.133. The second kappa shape index (κ2) is 17.8. The first-order valence-corrected chi connectivity index (χ1v) is 23.3. The molecule has 0 radical (unpaired) electrons. The number of rotatable bonds is 10. The van der Waals surface area contributed by atoms with Crippen LogP contribution in [0.25, 0.3) is 94.3 Å². The van der Waals surface area contributed by atoms with Gasteiger partial charge in [0.25, 0.3) is 0 Å². The number of hydrogen-bond acceptors (Lipinski definition) is 1. The van der Waals surface area contributed by atoms with Gasteiger partial charge in [-0.25, -0.2) is 0 Å². The van der Waals surface area contributed by atoms with E-state index < -0.39 is 0 Å². The molecule has 0 spiro atoms. The van der Waals surface area contributed by atoms with Gasteiger partial charge in [-0.3, -0.25) is 0 Å². The molecule has 1 aromatic heterocycles. The second-order valence-corrected chi connectivity index (χ2v) is 17.2. The van der Waals surface area contributed by atoms with Crippen LogP contribution in [0.1, 0.15) is 0 Å². The normalized spacial score (nSPS) is 11.2. The maximum atomic E-state index is 2.48. The van der Waals surface area contributed by atoms with Crippen molar-refractivity contribution in [2.24, 2.45) is 0 Å². The molecule has 0 aliphatic carbocycles. The molecule has 0 N–H and O–H groups in total. The molecule has 0 saturated carbocycles. The van der Waals surface area contributed by atoms with Gasteiger partial charge in [0.1, 0.15) is 0 Å². The highest BCUT2D eigenvalue weighted by atomic mass is 15.1. The van der Waals surface area contributed by atoms with Gasteiger partial charge in [-0.1, -0.05) is 224 Å². The second-order valence-electron chi connectivity index (χ2n) is 17.2. The molecule has 0 amide bonds. The maximum Gasteiger partial charge on any atom is 0.0541 e. The molecule has 11 aromatic carbocycles. The van der Waals surface area contributed by atoms with E-state index in [0.717, 1.165) is 56.1 Å². The van der Waals surface area contributed by atoms with Crippen molar-refractivity contribution in [1.29, 1.82) is 0 Å². The summed E-state index contributed by atoms with van der Waals surface area (Å²) in [5.74, 6) is 0. The maximum absolute atomic E-state index is 2.48. The van der Waals surface area contributed by atoms with Crippen LogP contribution in [-0.4, -0.2) is 4.57 Å². The van der Waals surface area contributed by atoms with E-state index in [1.807, 2.05) is 0 Å². The van der Waals surface area contributed by atoms with Crippen LogP contribution < -0.4 is 4.90 Å². The lowest BCUT2D eigenvalue weighted by molar-refractivity contribution is 1.18. The van der Waals surface area contributed by atoms with Gasteiger partial charge < -0.3 is 9.47 Å². The molecule has 0 saturated heterocycles. The van der Waals surface area contributed by atoms with E-state index in [2.05, 4.69) is 289 Å². The molecule has 0 aliphatic heterocycles. The Balaban J connectivity index is 1.09. The molecule has 320 valence electrons. The molecular weight excluding hydrogens is 821 g/mol. The van der Waals surface area contributed by atoms with Crippen molar-refractivity contribution in [2.45, 2.75) is 0 Å². The third-order valence-electron chi connectivity index (χ3n) is 13.2. The summed E-state index contributed by atoms with van der Waals surface area (Å²) >= 11 is 0. The Morgan fingerprint density at radius 1 is 0.250 bits per heavy atom. The van der Waals surface area contributed by atoms with E-state index in [-0.39, 0.29) is 0 Å². The Bertz CT molecular complexity index is 3720. The van der Waals surface area contributed by atoms with Gasteiger partial charge in [-0.05, 0) is 110 Å². The third kappa shape index (κ3) is 7.35. The fraction of sp³-hybridized carbons (Fsp3) is 0. The van der Waals surface area contributed by atoms with E-state index in [9.17, 15) is 0 Å². The predicted molar refractivity (Wildman–Crippen MR) is 288 cm³/mol. The van der Waals surface area contributed by atoms with E-state index in [1.165, 1.54) is 55.2 Å². The lowest BCUT2D eigenvalue weighted by Gasteiger charge is -2.31. The molecule has 2 heteroatoms. The zero-order valence-corrected chi connectivity index (χ0v) is 37.5. The Kier molecular flexibility index (Phi) is 10.6. The van der Waals surface area contributed by atoms with E-state index in [4.69, 9.17) is 0 Å². The molecular formula is C66H46N2. The van der Waals surface area contributed by atoms with Crippen molar-refractivity contribution >= 4 is 38.9 Å². The largest absolute Gasteiger partial charge is 0.309 e. The summed E-state index contributed by atoms with van der Waals surface area (Å²) in [5.41, 5.74) is 20.8. The summed E-state index contributed by atoms with van der Waals surface area (Å²) in [6.07, 6.45) is 0. The Hall–Kier alpha value is -8.98. The fourth-order valence-corrected chi connectivity index (χ4v) is 10.2. The summed E-state index contributed by atoms with van der Waals surface area (Å²) in [6.45, 7) is 0. The van der Waals surface area contributed by atoms with Gasteiger partial charge in [-0.15, -0.1) is 0 Å². The van der Waals surface area contributed by atoms with Crippen molar-refractivity contribution < 1.29 is 0 Å². The van der Waals surface area contributed by atoms with Gasteiger partial charge in [0, 0.05) is 33.3 Å². The summed E-state index contributed by atoms with van der Waals surface area (Å²) in [7, 11) is 0. The first kappa shape index (κ1) is 40.5. The minimum Gasteiger partial charge on any atom is -0.309 e. The molecule has 0 unspecified atom stereocenters. The van der Waals surface area contributed by atoms with E-state index in [0.29, 0.717) is 0 Å². The average Bonchev–Trinajstić information content (AvgIpc) is 3.76. The fourth-order valence-electron chi connectivity index (χ4n) is 10.2. The summed E-state index contributed by atoms with van der Waals surface area (Å²) in [5, 5.41) is 2.46. The first-order chi connectivity index (χ1) is 33.8. The number of benzene rings is 11. The predicted octanol–water partition coefficient (Wildman–Crippen LogP) is 18.3. The Labute approximate surface area is 397 Å². The summed E-state index contributed by atoms with van der Waals surface area (Å²) in [6, 6.07) is 101. The molecule has 12 aromatic rings. The first-order valence-electron chi connectivity index (χ1n) is 23.3. The Morgan fingerprint density at radius 2 is 0.706 bits per heavy atom. The monoisotopic (exact) mass is 866 g/mol. The molecule has 2 nitrogen and oxygen atoms in total. The van der Waals surface area contributed by atoms with Crippen LogP contribution in [0.15, 0.2) is 279 Å². The summed E-state index contributed by atoms with van der Waals surface area (Å²) in [4.78, 5) is 2.48. The van der Waals surface area contributed by atoms with Gasteiger partial charge in [0.15, 0.2) is 0 Å². The van der Waals surface area contributed by atoms with Crippen LogP contribution >= 0.6 is 0 Å². The highest BCUT2D eigenvalue weighted by molar-refractivity contribution is 6.11. The van der Waals surface area contributed by atoms with Crippen molar-refractivity contribution in [1.82, 2.24) is 4.57 Å². The highest BCUT2D eigenvalue weighted by Gasteiger charge is 2.24. The smallest absolute Gasteiger partial charge is 0.0541 e. The van der Waals surface area contributed by atoms with Crippen LogP contribution in [0.5, 0.6) is 0 Å². The minimum absolute atomic E-state index is 1.07. The number of hydrogen-bond donors (Lipinski definition) is 0. The van der Waals surface area contributed by atoms with Crippen LogP contribution in [0.3, 0.4) is 0 Å². The average molecular weight is 867 g/mol. The molecule has 0 atom stereocenters. The number of aromatic nitrogens is 1. The zero-order chi connectivity index (χ0) is 45.2. The van der Waals surface area contributed by atoms with Crippen LogP contribution in [0.2, 0.25) is 0 Å². The van der Waals surface area contributed by atoms with E-state index >= 15 is 0 Å².